The molecular weight excluding hydrogens is 500 g/mol. The van der Waals surface area contributed by atoms with E-state index in [0.717, 1.165) is 53.7 Å². The molecule has 0 spiro atoms. The lowest BCUT2D eigenvalue weighted by molar-refractivity contribution is -0.155. The fourth-order valence-corrected chi connectivity index (χ4v) is 5.77. The van der Waals surface area contributed by atoms with E-state index in [4.69, 9.17) is 0 Å². The Morgan fingerprint density at radius 3 is 2.32 bits per heavy atom. The lowest BCUT2D eigenvalue weighted by atomic mass is 9.82. The van der Waals surface area contributed by atoms with Crippen LogP contribution in [0.2, 0.25) is 0 Å². The topological polar surface area (TPSA) is 3.24 Å². The van der Waals surface area contributed by atoms with Crippen molar-refractivity contribution in [2.24, 2.45) is 5.92 Å². The summed E-state index contributed by atoms with van der Waals surface area (Å²) in [5.74, 6) is -1.44. The Balaban J connectivity index is 2.00. The number of alkyl halides is 4. The van der Waals surface area contributed by atoms with Crippen LogP contribution in [0.3, 0.4) is 0 Å². The van der Waals surface area contributed by atoms with Gasteiger partial charge < -0.3 is 0 Å². The fourth-order valence-electron chi connectivity index (χ4n) is 5.77. The maximum atomic E-state index is 15.7. The third-order valence-electron chi connectivity index (χ3n) is 7.58. The molecule has 0 saturated heterocycles. The lowest BCUT2D eigenvalue weighted by Gasteiger charge is -2.42. The van der Waals surface area contributed by atoms with Crippen molar-refractivity contribution in [3.63, 3.8) is 0 Å². The first-order valence-electron chi connectivity index (χ1n) is 13.6. The number of fused-ring (bicyclic) bond motifs is 1. The van der Waals surface area contributed by atoms with E-state index in [1.165, 1.54) is 12.1 Å². The van der Waals surface area contributed by atoms with Crippen molar-refractivity contribution in [1.29, 1.82) is 0 Å². The third kappa shape index (κ3) is 7.64. The van der Waals surface area contributed by atoms with Gasteiger partial charge in [0.1, 0.15) is 11.6 Å². The van der Waals surface area contributed by atoms with Gasteiger partial charge in [-0.25, -0.2) is 8.78 Å². The minimum absolute atomic E-state index is 0.210. The molecule has 210 valence electrons. The zero-order valence-corrected chi connectivity index (χ0v) is 22.6. The molecular formula is C31H39F6N. The van der Waals surface area contributed by atoms with Crippen molar-refractivity contribution in [2.75, 3.05) is 13.2 Å². The highest BCUT2D eigenvalue weighted by Crippen LogP contribution is 2.42. The maximum absolute atomic E-state index is 15.7. The number of unbranched alkanes of at least 4 members (excludes halogenated alkanes) is 2. The molecule has 0 radical (unpaired) electrons. The van der Waals surface area contributed by atoms with E-state index < -0.39 is 36.4 Å². The number of hydrogen-bond donors (Lipinski definition) is 0. The number of halogens is 6. The summed E-state index contributed by atoms with van der Waals surface area (Å²) < 4.78 is 84.7. The van der Waals surface area contributed by atoms with Crippen LogP contribution in [0.4, 0.5) is 26.3 Å². The Kier molecular flexibility index (Phi) is 10.5. The second kappa shape index (κ2) is 13.2. The van der Waals surface area contributed by atoms with Crippen molar-refractivity contribution in [2.45, 2.75) is 90.4 Å². The molecule has 7 heteroatoms. The van der Waals surface area contributed by atoms with E-state index >= 15 is 8.78 Å². The fraction of sp³-hybridized carbons (Fsp3) is 0.548. The summed E-state index contributed by atoms with van der Waals surface area (Å²) in [5, 5.41) is 0. The predicted molar refractivity (Wildman–Crippen MR) is 142 cm³/mol. The van der Waals surface area contributed by atoms with Gasteiger partial charge in [-0.05, 0) is 73.4 Å². The molecule has 0 N–H and O–H groups in total. The first kappa shape index (κ1) is 30.3. The van der Waals surface area contributed by atoms with E-state index in [-0.39, 0.29) is 18.2 Å². The molecule has 0 saturated carbocycles. The predicted octanol–water partition coefficient (Wildman–Crippen LogP) is 9.38. The van der Waals surface area contributed by atoms with Crippen LogP contribution < -0.4 is 0 Å². The molecule has 3 rings (SSSR count). The molecule has 0 fully saturated rings. The van der Waals surface area contributed by atoms with E-state index in [1.54, 1.807) is 19.1 Å². The first-order chi connectivity index (χ1) is 17.9. The van der Waals surface area contributed by atoms with Crippen LogP contribution in [-0.4, -0.2) is 30.3 Å². The molecule has 0 bridgehead atoms. The quantitative estimate of drug-likeness (QED) is 0.192. The molecule has 0 aliphatic carbocycles. The standard InChI is InChI=1S/C31H39F6N/c1-5-9-22(10-7-6-8-13-32)15-23-16-27(33)29(28(34)17-23)30-26-12-11-24(20(2)3)18-25(26)14-21(4)38(30)19-31(35,36)37/h11-12,16-18,21-22,30H,2,5-10,13-15,19H2,1,3-4H3/t21-,22?,30?/m1/s1. The number of nitrogens with zero attached hydrogens (tertiary/aromatic N) is 1. The molecule has 1 aliphatic heterocycles. The summed E-state index contributed by atoms with van der Waals surface area (Å²) >= 11 is 0. The molecule has 2 unspecified atom stereocenters. The largest absolute Gasteiger partial charge is 0.401 e. The molecule has 2 aromatic rings. The number of hydrogen-bond acceptors (Lipinski definition) is 1. The molecule has 1 aliphatic rings. The molecule has 0 aromatic heterocycles. The van der Waals surface area contributed by atoms with Gasteiger partial charge in [0.2, 0.25) is 0 Å². The lowest BCUT2D eigenvalue weighted by Crippen LogP contribution is -2.47. The van der Waals surface area contributed by atoms with Crippen molar-refractivity contribution < 1.29 is 26.3 Å². The van der Waals surface area contributed by atoms with Crippen LogP contribution in [-0.2, 0) is 12.8 Å². The van der Waals surface area contributed by atoms with E-state index in [2.05, 4.69) is 13.5 Å². The summed E-state index contributed by atoms with van der Waals surface area (Å²) in [5.41, 5.74) is 3.08. The van der Waals surface area contributed by atoms with Crippen LogP contribution in [0.15, 0.2) is 36.9 Å². The van der Waals surface area contributed by atoms with Gasteiger partial charge in [0, 0.05) is 11.6 Å². The van der Waals surface area contributed by atoms with Gasteiger partial charge in [-0.1, -0.05) is 69.4 Å². The van der Waals surface area contributed by atoms with Gasteiger partial charge in [0.25, 0.3) is 0 Å². The van der Waals surface area contributed by atoms with Gasteiger partial charge in [-0.15, -0.1) is 0 Å². The molecule has 38 heavy (non-hydrogen) atoms. The number of benzene rings is 2. The minimum Gasteiger partial charge on any atom is -0.281 e. The zero-order valence-electron chi connectivity index (χ0n) is 22.6. The summed E-state index contributed by atoms with van der Waals surface area (Å²) in [6, 6.07) is 6.10. The van der Waals surface area contributed by atoms with Crippen LogP contribution in [0.25, 0.3) is 5.57 Å². The van der Waals surface area contributed by atoms with Crippen molar-refractivity contribution in [1.82, 2.24) is 4.90 Å². The van der Waals surface area contributed by atoms with Crippen molar-refractivity contribution in [3.8, 4) is 0 Å². The summed E-state index contributed by atoms with van der Waals surface area (Å²) in [6.45, 7) is 7.88. The average Bonchev–Trinajstić information content (AvgIpc) is 2.82. The normalized spacial score (nSPS) is 18.9. The third-order valence-corrected chi connectivity index (χ3v) is 7.58. The smallest absolute Gasteiger partial charge is 0.281 e. The van der Waals surface area contributed by atoms with Gasteiger partial charge in [0.15, 0.2) is 0 Å². The van der Waals surface area contributed by atoms with E-state index in [1.807, 2.05) is 13.0 Å². The Labute approximate surface area is 222 Å². The van der Waals surface area contributed by atoms with Crippen LogP contribution in [0.5, 0.6) is 0 Å². The first-order valence-corrected chi connectivity index (χ1v) is 13.6. The van der Waals surface area contributed by atoms with Crippen LogP contribution in [0, 0.1) is 17.6 Å². The molecule has 2 aromatic carbocycles. The zero-order chi connectivity index (χ0) is 28.0. The summed E-state index contributed by atoms with van der Waals surface area (Å²) in [4.78, 5) is 1.16. The molecule has 0 amide bonds. The molecule has 1 nitrogen and oxygen atoms in total. The second-order valence-corrected chi connectivity index (χ2v) is 10.8. The average molecular weight is 540 g/mol. The van der Waals surface area contributed by atoms with Crippen LogP contribution in [0.1, 0.15) is 93.2 Å². The Hall–Kier alpha value is -2.28. The SMILES string of the molecule is C=C(C)c1ccc2c(c1)C[C@@H](C)N(CC(F)(F)F)C2c1c(F)cc(CC(CCC)CCCCCF)cc1F. The Morgan fingerprint density at radius 1 is 1.05 bits per heavy atom. The second-order valence-electron chi connectivity index (χ2n) is 10.8. The van der Waals surface area contributed by atoms with E-state index in [9.17, 15) is 17.6 Å². The van der Waals surface area contributed by atoms with Gasteiger partial charge in [-0.2, -0.15) is 13.2 Å². The maximum Gasteiger partial charge on any atom is 0.401 e. The number of allylic oxidation sites excluding steroid dienone is 1. The number of rotatable bonds is 12. The monoisotopic (exact) mass is 539 g/mol. The Bertz CT molecular complexity index is 1070. The van der Waals surface area contributed by atoms with Crippen molar-refractivity contribution in [3.05, 3.63) is 76.4 Å². The highest BCUT2D eigenvalue weighted by molar-refractivity contribution is 5.63. The molecule has 3 atom stereocenters. The van der Waals surface area contributed by atoms with Gasteiger partial charge in [0.05, 0.1) is 19.3 Å². The highest BCUT2D eigenvalue weighted by Gasteiger charge is 2.42. The van der Waals surface area contributed by atoms with Crippen molar-refractivity contribution >= 4 is 5.57 Å². The summed E-state index contributed by atoms with van der Waals surface area (Å²) in [7, 11) is 0. The highest BCUT2D eigenvalue weighted by atomic mass is 19.4. The molecule has 1 heterocycles. The van der Waals surface area contributed by atoms with E-state index in [0.29, 0.717) is 30.4 Å². The van der Waals surface area contributed by atoms with Crippen LogP contribution >= 0.6 is 0 Å². The van der Waals surface area contributed by atoms with Gasteiger partial charge in [-0.3, -0.25) is 9.29 Å². The minimum atomic E-state index is -4.52. The Morgan fingerprint density at radius 2 is 1.74 bits per heavy atom. The summed E-state index contributed by atoms with van der Waals surface area (Å²) in [6.07, 6.45) is 1.09. The van der Waals surface area contributed by atoms with Gasteiger partial charge >= 0.3 is 6.18 Å².